The first-order valence-electron chi connectivity index (χ1n) is 9.33. The lowest BCUT2D eigenvalue weighted by atomic mass is 9.83. The lowest BCUT2D eigenvalue weighted by Gasteiger charge is -2.26. The molecular weight excluding hydrogens is 432 g/mol. The van der Waals surface area contributed by atoms with Crippen LogP contribution in [0.25, 0.3) is 0 Å². The highest BCUT2D eigenvalue weighted by atomic mass is 35.5. The van der Waals surface area contributed by atoms with Gasteiger partial charge in [-0.15, -0.1) is 11.8 Å². The number of benzene rings is 3. The van der Waals surface area contributed by atoms with Gasteiger partial charge in [-0.3, -0.25) is 0 Å². The van der Waals surface area contributed by atoms with Gasteiger partial charge in [0.05, 0.1) is 11.5 Å². The minimum atomic E-state index is -0.516. The number of carbonyl (C=O) groups is 1. The van der Waals surface area contributed by atoms with Crippen LogP contribution in [0.5, 0.6) is 11.5 Å². The predicted molar refractivity (Wildman–Crippen MR) is 120 cm³/mol. The van der Waals surface area contributed by atoms with Crippen LogP contribution in [-0.2, 0) is 0 Å². The Morgan fingerprint density at radius 1 is 1.13 bits per heavy atom. The van der Waals surface area contributed by atoms with Gasteiger partial charge in [0.25, 0.3) is 0 Å². The zero-order valence-electron chi connectivity index (χ0n) is 16.5. The number of rotatable bonds is 4. The van der Waals surface area contributed by atoms with Crippen LogP contribution >= 0.6 is 23.4 Å². The Hall–Kier alpha value is -3.40. The molecule has 31 heavy (non-hydrogen) atoms. The molecule has 154 valence electrons. The number of thioether (sulfide) groups is 1. The van der Waals surface area contributed by atoms with Crippen LogP contribution < -0.4 is 15.2 Å². The molecule has 0 saturated heterocycles. The van der Waals surface area contributed by atoms with E-state index >= 15 is 0 Å². The van der Waals surface area contributed by atoms with Gasteiger partial charge in [-0.25, -0.2) is 4.79 Å². The second kappa shape index (κ2) is 8.76. The molecule has 5 nitrogen and oxygen atoms in total. The van der Waals surface area contributed by atoms with E-state index in [4.69, 9.17) is 26.8 Å². The number of allylic oxidation sites excluding steroid dienone is 1. The lowest BCUT2D eigenvalue weighted by molar-refractivity contribution is 0.0734. The summed E-state index contributed by atoms with van der Waals surface area (Å²) in [4.78, 5) is 13.5. The van der Waals surface area contributed by atoms with Crippen LogP contribution in [0.15, 0.2) is 83.1 Å². The third kappa shape index (κ3) is 4.24. The Morgan fingerprint density at radius 2 is 1.84 bits per heavy atom. The second-order valence-electron chi connectivity index (χ2n) is 6.79. The summed E-state index contributed by atoms with van der Waals surface area (Å²) in [5.41, 5.74) is 8.47. The molecule has 1 atom stereocenters. The van der Waals surface area contributed by atoms with Gasteiger partial charge in [0.2, 0.25) is 5.88 Å². The maximum absolute atomic E-state index is 12.4. The molecule has 3 aromatic rings. The molecule has 0 radical (unpaired) electrons. The number of hydrogen-bond donors (Lipinski definition) is 1. The van der Waals surface area contributed by atoms with E-state index in [0.29, 0.717) is 27.7 Å². The van der Waals surface area contributed by atoms with Crippen molar-refractivity contribution in [3.8, 4) is 17.6 Å². The predicted octanol–water partition coefficient (Wildman–Crippen LogP) is 5.50. The molecule has 4 rings (SSSR count). The standard InChI is InChI=1S/C24H17ClN2O3S/c1-31-18-9-4-14(5-10-18)22-19-11-8-17(12-21(19)30-23(27)20(22)13-26)29-24(28)15-2-6-16(25)7-3-15/h2-12,22H,27H2,1H3. The molecule has 1 unspecified atom stereocenters. The van der Waals surface area contributed by atoms with E-state index in [-0.39, 0.29) is 11.8 Å². The van der Waals surface area contributed by atoms with Gasteiger partial charge >= 0.3 is 5.97 Å². The maximum Gasteiger partial charge on any atom is 0.343 e. The SMILES string of the molecule is CSc1ccc(C2C(C#N)=C(N)Oc3cc(OC(=O)c4ccc(Cl)cc4)ccc32)cc1. The van der Waals surface area contributed by atoms with Gasteiger partial charge < -0.3 is 15.2 Å². The first-order chi connectivity index (χ1) is 15.0. The van der Waals surface area contributed by atoms with E-state index in [1.165, 1.54) is 0 Å². The summed E-state index contributed by atoms with van der Waals surface area (Å²) in [6.45, 7) is 0. The van der Waals surface area contributed by atoms with Crippen molar-refractivity contribution in [3.05, 3.63) is 99.9 Å². The largest absolute Gasteiger partial charge is 0.440 e. The normalized spacial score (nSPS) is 14.9. The molecule has 7 heteroatoms. The van der Waals surface area contributed by atoms with E-state index in [2.05, 4.69) is 6.07 Å². The molecule has 1 heterocycles. The Balaban J connectivity index is 1.67. The van der Waals surface area contributed by atoms with Gasteiger partial charge in [0.1, 0.15) is 23.1 Å². The Morgan fingerprint density at radius 3 is 2.48 bits per heavy atom. The van der Waals surface area contributed by atoms with E-state index < -0.39 is 5.97 Å². The zero-order valence-corrected chi connectivity index (χ0v) is 18.0. The average molecular weight is 449 g/mol. The molecule has 0 fully saturated rings. The number of carbonyl (C=O) groups excluding carboxylic acids is 1. The zero-order chi connectivity index (χ0) is 22.0. The third-order valence-electron chi connectivity index (χ3n) is 4.93. The van der Waals surface area contributed by atoms with Crippen molar-refractivity contribution in [3.63, 3.8) is 0 Å². The van der Waals surface area contributed by atoms with Gasteiger partial charge in [-0.05, 0) is 54.3 Å². The van der Waals surface area contributed by atoms with E-state index in [1.807, 2.05) is 30.5 Å². The van der Waals surface area contributed by atoms with E-state index in [1.54, 1.807) is 54.2 Å². The Kier molecular flexibility index (Phi) is 5.90. The number of hydrogen-bond acceptors (Lipinski definition) is 6. The topological polar surface area (TPSA) is 85.3 Å². The van der Waals surface area contributed by atoms with E-state index in [0.717, 1.165) is 16.0 Å². The summed E-state index contributed by atoms with van der Waals surface area (Å²) in [6, 6.07) is 21.6. The lowest BCUT2D eigenvalue weighted by Crippen LogP contribution is -2.21. The quantitative estimate of drug-likeness (QED) is 0.322. The Bertz CT molecular complexity index is 1220. The highest BCUT2D eigenvalue weighted by Gasteiger charge is 2.31. The first-order valence-corrected chi connectivity index (χ1v) is 10.9. The number of esters is 1. The highest BCUT2D eigenvalue weighted by Crippen LogP contribution is 2.43. The molecule has 0 spiro atoms. The fraction of sp³-hybridized carbons (Fsp3) is 0.0833. The van der Waals surface area contributed by atoms with Crippen molar-refractivity contribution < 1.29 is 14.3 Å². The first kappa shape index (κ1) is 20.9. The molecule has 0 aliphatic carbocycles. The van der Waals surface area contributed by atoms with Crippen LogP contribution in [0.4, 0.5) is 0 Å². The number of fused-ring (bicyclic) bond motifs is 1. The molecule has 2 N–H and O–H groups in total. The molecule has 1 aliphatic heterocycles. The summed E-state index contributed by atoms with van der Waals surface area (Å²) in [5, 5.41) is 10.2. The van der Waals surface area contributed by atoms with Crippen molar-refractivity contribution >= 4 is 29.3 Å². The summed E-state index contributed by atoms with van der Waals surface area (Å²) >= 11 is 7.51. The van der Waals surface area contributed by atoms with Crippen LogP contribution in [-0.4, -0.2) is 12.2 Å². The van der Waals surface area contributed by atoms with Crippen molar-refractivity contribution in [2.75, 3.05) is 6.26 Å². The smallest absolute Gasteiger partial charge is 0.343 e. The second-order valence-corrected chi connectivity index (χ2v) is 8.11. The molecular formula is C24H17ClN2O3S. The molecule has 0 aromatic heterocycles. The summed E-state index contributed by atoms with van der Waals surface area (Å²) in [5.74, 6) is -0.0983. The molecule has 0 amide bonds. The molecule has 0 saturated carbocycles. The highest BCUT2D eigenvalue weighted by molar-refractivity contribution is 7.98. The number of ether oxygens (including phenoxy) is 2. The maximum atomic E-state index is 12.4. The monoisotopic (exact) mass is 448 g/mol. The molecule has 1 aliphatic rings. The van der Waals surface area contributed by atoms with Crippen LogP contribution in [0.2, 0.25) is 5.02 Å². The Labute approximate surface area is 189 Å². The van der Waals surface area contributed by atoms with Crippen LogP contribution in [0, 0.1) is 11.3 Å². The van der Waals surface area contributed by atoms with E-state index in [9.17, 15) is 10.1 Å². The van der Waals surface area contributed by atoms with Crippen molar-refractivity contribution in [2.24, 2.45) is 5.73 Å². The number of nitriles is 1. The average Bonchev–Trinajstić information content (AvgIpc) is 2.78. The molecule has 3 aromatic carbocycles. The summed E-state index contributed by atoms with van der Waals surface area (Å²) < 4.78 is 11.2. The van der Waals surface area contributed by atoms with Crippen LogP contribution in [0.1, 0.15) is 27.4 Å². The minimum Gasteiger partial charge on any atom is -0.440 e. The van der Waals surface area contributed by atoms with Gasteiger partial charge in [-0.2, -0.15) is 5.26 Å². The van der Waals surface area contributed by atoms with Crippen molar-refractivity contribution in [1.29, 1.82) is 5.26 Å². The fourth-order valence-corrected chi connectivity index (χ4v) is 3.92. The molecule has 0 bridgehead atoms. The number of nitrogens with two attached hydrogens (primary N) is 1. The minimum absolute atomic E-state index is 0.0371. The summed E-state index contributed by atoms with van der Waals surface area (Å²) in [6.07, 6.45) is 2.00. The van der Waals surface area contributed by atoms with Gasteiger partial charge in [0, 0.05) is 21.5 Å². The third-order valence-corrected chi connectivity index (χ3v) is 5.93. The number of halogens is 1. The van der Waals surface area contributed by atoms with Gasteiger partial charge in [0.15, 0.2) is 0 Å². The van der Waals surface area contributed by atoms with Crippen molar-refractivity contribution in [1.82, 2.24) is 0 Å². The van der Waals surface area contributed by atoms with Gasteiger partial charge in [-0.1, -0.05) is 29.8 Å². The summed E-state index contributed by atoms with van der Waals surface area (Å²) in [7, 11) is 0. The van der Waals surface area contributed by atoms with Crippen molar-refractivity contribution in [2.45, 2.75) is 10.8 Å². The number of nitrogens with zero attached hydrogens (tertiary/aromatic N) is 1. The fourth-order valence-electron chi connectivity index (χ4n) is 3.39. The van der Waals surface area contributed by atoms with Crippen LogP contribution in [0.3, 0.4) is 0 Å².